The van der Waals surface area contributed by atoms with Crippen LogP contribution in [0.4, 0.5) is 4.79 Å². The zero-order valence-corrected chi connectivity index (χ0v) is 14.6. The number of rotatable bonds is 5. The Morgan fingerprint density at radius 1 is 1.46 bits per heavy atom. The van der Waals surface area contributed by atoms with E-state index in [-0.39, 0.29) is 24.7 Å². The van der Waals surface area contributed by atoms with Gasteiger partial charge in [-0.25, -0.2) is 4.79 Å². The highest BCUT2D eigenvalue weighted by Crippen LogP contribution is 2.28. The number of nitrogens with zero attached hydrogens (tertiary/aromatic N) is 2. The molecule has 24 heavy (non-hydrogen) atoms. The molecule has 0 aromatic carbocycles. The molecule has 3 N–H and O–H groups in total. The average molecular weight is 348 g/mol. The molecule has 2 amide bonds. The van der Waals surface area contributed by atoms with Crippen LogP contribution in [-0.4, -0.2) is 33.5 Å². The SMILES string of the molecule is C[C@](O)(CNC(=O)N[C@@H]1CCCC[C@H]1n1cccn1)c1cccs1. The van der Waals surface area contributed by atoms with E-state index < -0.39 is 5.60 Å². The lowest BCUT2D eigenvalue weighted by atomic mass is 9.90. The third kappa shape index (κ3) is 3.96. The Kier molecular flexibility index (Phi) is 5.20. The highest BCUT2D eigenvalue weighted by molar-refractivity contribution is 7.10. The zero-order chi connectivity index (χ0) is 17.0. The van der Waals surface area contributed by atoms with Crippen molar-refractivity contribution in [3.8, 4) is 0 Å². The van der Waals surface area contributed by atoms with Crippen molar-refractivity contribution in [1.82, 2.24) is 20.4 Å². The molecule has 0 spiro atoms. The fourth-order valence-corrected chi connectivity index (χ4v) is 4.00. The van der Waals surface area contributed by atoms with Crippen molar-refractivity contribution in [1.29, 1.82) is 0 Å². The summed E-state index contributed by atoms with van der Waals surface area (Å²) >= 11 is 1.48. The van der Waals surface area contributed by atoms with E-state index in [1.165, 1.54) is 11.3 Å². The maximum atomic E-state index is 12.3. The summed E-state index contributed by atoms with van der Waals surface area (Å²) in [4.78, 5) is 13.1. The van der Waals surface area contributed by atoms with Crippen LogP contribution in [0.5, 0.6) is 0 Å². The molecule has 0 radical (unpaired) electrons. The highest BCUT2D eigenvalue weighted by atomic mass is 32.1. The van der Waals surface area contributed by atoms with E-state index in [1.807, 2.05) is 34.5 Å². The Labute approximate surface area is 145 Å². The summed E-state index contributed by atoms with van der Waals surface area (Å²) in [5.74, 6) is 0. The molecule has 0 unspecified atom stereocenters. The molecule has 130 valence electrons. The van der Waals surface area contributed by atoms with Crippen LogP contribution in [0.3, 0.4) is 0 Å². The molecule has 2 aromatic rings. The van der Waals surface area contributed by atoms with Gasteiger partial charge in [0.1, 0.15) is 5.60 Å². The summed E-state index contributed by atoms with van der Waals surface area (Å²) in [6.45, 7) is 1.89. The number of carbonyl (C=O) groups excluding carboxylic acids is 1. The van der Waals surface area contributed by atoms with Gasteiger partial charge in [0.25, 0.3) is 0 Å². The number of thiophene rings is 1. The Balaban J connectivity index is 1.55. The minimum atomic E-state index is -1.06. The van der Waals surface area contributed by atoms with Crippen LogP contribution in [0, 0.1) is 0 Å². The maximum Gasteiger partial charge on any atom is 0.315 e. The largest absolute Gasteiger partial charge is 0.383 e. The van der Waals surface area contributed by atoms with E-state index >= 15 is 0 Å². The fourth-order valence-electron chi connectivity index (χ4n) is 3.22. The second kappa shape index (κ2) is 7.36. The first-order valence-electron chi connectivity index (χ1n) is 8.36. The number of nitrogens with one attached hydrogen (secondary N) is 2. The normalized spacial score (nSPS) is 23.4. The van der Waals surface area contributed by atoms with E-state index in [2.05, 4.69) is 15.7 Å². The summed E-state index contributed by atoms with van der Waals surface area (Å²) in [7, 11) is 0. The smallest absolute Gasteiger partial charge is 0.315 e. The number of aliphatic hydroxyl groups is 1. The third-order valence-electron chi connectivity index (χ3n) is 4.56. The van der Waals surface area contributed by atoms with Gasteiger partial charge in [-0.2, -0.15) is 5.10 Å². The zero-order valence-electron chi connectivity index (χ0n) is 13.8. The number of aromatic nitrogens is 2. The quantitative estimate of drug-likeness (QED) is 0.777. The predicted octanol–water partition coefficient (Wildman–Crippen LogP) is 2.64. The van der Waals surface area contributed by atoms with Gasteiger partial charge < -0.3 is 15.7 Å². The maximum absolute atomic E-state index is 12.3. The molecule has 0 aliphatic heterocycles. The lowest BCUT2D eigenvalue weighted by Crippen LogP contribution is -2.50. The average Bonchev–Trinajstić information content (AvgIpc) is 3.27. The highest BCUT2D eigenvalue weighted by Gasteiger charge is 2.29. The van der Waals surface area contributed by atoms with E-state index in [9.17, 15) is 9.90 Å². The Morgan fingerprint density at radius 3 is 3.00 bits per heavy atom. The van der Waals surface area contributed by atoms with Gasteiger partial charge in [-0.15, -0.1) is 11.3 Å². The number of carbonyl (C=O) groups is 1. The molecule has 2 heterocycles. The van der Waals surface area contributed by atoms with Crippen LogP contribution in [0.2, 0.25) is 0 Å². The molecule has 1 saturated carbocycles. The molecule has 6 nitrogen and oxygen atoms in total. The topological polar surface area (TPSA) is 79.2 Å². The predicted molar refractivity (Wildman–Crippen MR) is 93.9 cm³/mol. The number of hydrogen-bond acceptors (Lipinski definition) is 4. The van der Waals surface area contributed by atoms with Crippen molar-refractivity contribution >= 4 is 17.4 Å². The Hall–Kier alpha value is -1.86. The second-order valence-corrected chi connectivity index (χ2v) is 7.47. The van der Waals surface area contributed by atoms with E-state index in [0.29, 0.717) is 0 Å². The monoisotopic (exact) mass is 348 g/mol. The molecule has 3 rings (SSSR count). The molecule has 1 aliphatic rings. The molecular weight excluding hydrogens is 324 g/mol. The number of amides is 2. The minimum Gasteiger partial charge on any atom is -0.383 e. The van der Waals surface area contributed by atoms with E-state index in [4.69, 9.17) is 0 Å². The van der Waals surface area contributed by atoms with Crippen LogP contribution >= 0.6 is 11.3 Å². The standard InChI is InChI=1S/C17H24N4O2S/c1-17(23,15-8-4-11-24-15)12-18-16(22)20-13-6-2-3-7-14(13)21-10-5-9-19-21/h4-5,8-11,13-14,23H,2-3,6-7,12H2,1H3,(H2,18,20,22)/t13-,14-,17+/m1/s1. The Bertz CT molecular complexity index is 640. The molecule has 1 aliphatic carbocycles. The van der Waals surface area contributed by atoms with Crippen LogP contribution in [0.1, 0.15) is 43.5 Å². The summed E-state index contributed by atoms with van der Waals surface area (Å²) in [6, 6.07) is 5.69. The van der Waals surface area contributed by atoms with Crippen LogP contribution in [0.25, 0.3) is 0 Å². The van der Waals surface area contributed by atoms with Gasteiger partial charge in [0, 0.05) is 17.3 Å². The van der Waals surface area contributed by atoms with Crippen molar-refractivity contribution in [3.63, 3.8) is 0 Å². The first-order valence-corrected chi connectivity index (χ1v) is 9.24. The number of urea groups is 1. The van der Waals surface area contributed by atoms with Gasteiger partial charge in [-0.05, 0) is 37.3 Å². The Morgan fingerprint density at radius 2 is 2.29 bits per heavy atom. The van der Waals surface area contributed by atoms with Crippen molar-refractivity contribution in [2.75, 3.05) is 6.54 Å². The van der Waals surface area contributed by atoms with Crippen molar-refractivity contribution in [2.24, 2.45) is 0 Å². The van der Waals surface area contributed by atoms with E-state index in [1.54, 1.807) is 13.1 Å². The summed E-state index contributed by atoms with van der Waals surface area (Å²) in [5, 5.41) is 22.6. The minimum absolute atomic E-state index is 0.0605. The van der Waals surface area contributed by atoms with Gasteiger partial charge in [-0.3, -0.25) is 4.68 Å². The molecule has 0 bridgehead atoms. The van der Waals surface area contributed by atoms with Crippen LogP contribution < -0.4 is 10.6 Å². The molecule has 2 aromatic heterocycles. The molecule has 0 saturated heterocycles. The van der Waals surface area contributed by atoms with E-state index in [0.717, 1.165) is 30.6 Å². The van der Waals surface area contributed by atoms with Crippen LogP contribution in [-0.2, 0) is 5.60 Å². The molecule has 1 fully saturated rings. The third-order valence-corrected chi connectivity index (χ3v) is 5.68. The summed E-state index contributed by atoms with van der Waals surface area (Å²) < 4.78 is 1.94. The summed E-state index contributed by atoms with van der Waals surface area (Å²) in [5.41, 5.74) is -1.06. The van der Waals surface area contributed by atoms with Gasteiger partial charge in [0.2, 0.25) is 0 Å². The molecule has 7 heteroatoms. The lowest BCUT2D eigenvalue weighted by Gasteiger charge is -2.32. The van der Waals surface area contributed by atoms with Gasteiger partial charge in [0.05, 0.1) is 18.6 Å². The molecule has 3 atom stereocenters. The first-order chi connectivity index (χ1) is 11.6. The second-order valence-electron chi connectivity index (χ2n) is 6.52. The van der Waals surface area contributed by atoms with Gasteiger partial charge in [0.15, 0.2) is 0 Å². The van der Waals surface area contributed by atoms with Gasteiger partial charge >= 0.3 is 6.03 Å². The first kappa shape index (κ1) is 17.0. The van der Waals surface area contributed by atoms with Crippen LogP contribution in [0.15, 0.2) is 36.0 Å². The lowest BCUT2D eigenvalue weighted by molar-refractivity contribution is 0.0628. The van der Waals surface area contributed by atoms with Crippen molar-refractivity contribution < 1.29 is 9.90 Å². The van der Waals surface area contributed by atoms with Crippen molar-refractivity contribution in [2.45, 2.75) is 50.3 Å². The summed E-state index contributed by atoms with van der Waals surface area (Å²) in [6.07, 6.45) is 7.93. The van der Waals surface area contributed by atoms with Crippen molar-refractivity contribution in [3.05, 3.63) is 40.8 Å². The van der Waals surface area contributed by atoms with Gasteiger partial charge in [-0.1, -0.05) is 18.9 Å². The number of hydrogen-bond donors (Lipinski definition) is 3. The molecular formula is C17H24N4O2S. The fraction of sp³-hybridized carbons (Fsp3) is 0.529.